The Kier molecular flexibility index (Phi) is 7.24. The first-order valence-corrected chi connectivity index (χ1v) is 5.93. The second-order valence-corrected chi connectivity index (χ2v) is 5.40. The molecule has 5 atom stereocenters. The highest BCUT2D eigenvalue weighted by Crippen LogP contribution is 2.27. The molecule has 0 rings (SSSR count). The molecule has 0 fully saturated rings. The fraction of sp³-hybridized carbons (Fsp3) is 0.750. The SMILES string of the molecule is C=CC(Cl)C(Cl)C(Cl)C(Cl)C(C)Cl. The van der Waals surface area contributed by atoms with Crippen molar-refractivity contribution in [1.29, 1.82) is 0 Å². The third-order valence-corrected chi connectivity index (χ3v) is 4.55. The predicted octanol–water partition coefficient (Wildman–Crippen LogP) is 4.23. The van der Waals surface area contributed by atoms with E-state index in [1.165, 1.54) is 6.08 Å². The summed E-state index contributed by atoms with van der Waals surface area (Å²) in [5.41, 5.74) is 0. The van der Waals surface area contributed by atoms with Crippen LogP contribution in [0.15, 0.2) is 12.7 Å². The molecule has 5 unspecified atom stereocenters. The molecule has 0 N–H and O–H groups in total. The maximum Gasteiger partial charge on any atom is 0.0713 e. The van der Waals surface area contributed by atoms with Crippen molar-refractivity contribution >= 4 is 58.0 Å². The molecule has 0 aromatic carbocycles. The largest absolute Gasteiger partial charge is 0.122 e. The zero-order valence-corrected chi connectivity index (χ0v) is 10.8. The van der Waals surface area contributed by atoms with Crippen molar-refractivity contribution < 1.29 is 0 Å². The summed E-state index contributed by atoms with van der Waals surface area (Å²) < 4.78 is 0. The molecular formula is C8H11Cl5. The van der Waals surface area contributed by atoms with E-state index >= 15 is 0 Å². The van der Waals surface area contributed by atoms with Crippen LogP contribution in [0.5, 0.6) is 0 Å². The Balaban J connectivity index is 4.23. The third kappa shape index (κ3) is 4.48. The Hall–Kier alpha value is 1.19. The van der Waals surface area contributed by atoms with Gasteiger partial charge < -0.3 is 0 Å². The smallest absolute Gasteiger partial charge is 0.0713 e. The molecule has 0 amide bonds. The van der Waals surface area contributed by atoms with Crippen molar-refractivity contribution in [3.8, 4) is 0 Å². The van der Waals surface area contributed by atoms with Gasteiger partial charge in [0.1, 0.15) is 0 Å². The second-order valence-electron chi connectivity index (χ2n) is 2.69. The normalized spacial score (nSPS) is 22.9. The fourth-order valence-corrected chi connectivity index (χ4v) is 2.06. The molecule has 0 bridgehead atoms. The minimum Gasteiger partial charge on any atom is -0.122 e. The summed E-state index contributed by atoms with van der Waals surface area (Å²) in [6.07, 6.45) is 1.52. The Labute approximate surface area is 104 Å². The van der Waals surface area contributed by atoms with Crippen LogP contribution in [0.3, 0.4) is 0 Å². The summed E-state index contributed by atoms with van der Waals surface area (Å²) in [5, 5.41) is -2.01. The Morgan fingerprint density at radius 2 is 1.38 bits per heavy atom. The maximum absolute atomic E-state index is 5.97. The van der Waals surface area contributed by atoms with Crippen molar-refractivity contribution in [2.24, 2.45) is 0 Å². The van der Waals surface area contributed by atoms with E-state index in [1.54, 1.807) is 6.92 Å². The molecule has 0 spiro atoms. The molecule has 13 heavy (non-hydrogen) atoms. The van der Waals surface area contributed by atoms with E-state index in [2.05, 4.69) is 6.58 Å². The summed E-state index contributed by atoms with van der Waals surface area (Å²) in [5.74, 6) is 0. The first kappa shape index (κ1) is 14.2. The third-order valence-electron chi connectivity index (χ3n) is 1.58. The van der Waals surface area contributed by atoms with Crippen molar-refractivity contribution in [3.63, 3.8) is 0 Å². The molecule has 0 heterocycles. The van der Waals surface area contributed by atoms with Crippen LogP contribution in [-0.4, -0.2) is 26.9 Å². The van der Waals surface area contributed by atoms with Gasteiger partial charge in [0.05, 0.1) is 21.5 Å². The monoisotopic (exact) mass is 282 g/mol. The van der Waals surface area contributed by atoms with Gasteiger partial charge in [0.2, 0.25) is 0 Å². The number of halogens is 5. The topological polar surface area (TPSA) is 0 Å². The first-order valence-electron chi connectivity index (χ1n) is 3.74. The van der Waals surface area contributed by atoms with Crippen LogP contribution < -0.4 is 0 Å². The van der Waals surface area contributed by atoms with Gasteiger partial charge in [-0.1, -0.05) is 6.08 Å². The number of hydrogen-bond acceptors (Lipinski definition) is 0. The zero-order chi connectivity index (χ0) is 10.6. The van der Waals surface area contributed by atoms with Gasteiger partial charge in [0.25, 0.3) is 0 Å². The summed E-state index contributed by atoms with van der Waals surface area (Å²) >= 11 is 29.4. The second kappa shape index (κ2) is 6.63. The van der Waals surface area contributed by atoms with E-state index in [-0.39, 0.29) is 5.38 Å². The van der Waals surface area contributed by atoms with Gasteiger partial charge in [-0.25, -0.2) is 0 Å². The molecule has 0 aromatic rings. The minimum absolute atomic E-state index is 0.251. The number of hydrogen-bond donors (Lipinski definition) is 0. The predicted molar refractivity (Wildman–Crippen MR) is 64.1 cm³/mol. The lowest BCUT2D eigenvalue weighted by molar-refractivity contribution is 0.707. The molecule has 0 aliphatic carbocycles. The molecule has 0 radical (unpaired) electrons. The van der Waals surface area contributed by atoms with Crippen molar-refractivity contribution in [2.75, 3.05) is 0 Å². The van der Waals surface area contributed by atoms with Crippen molar-refractivity contribution in [2.45, 2.75) is 33.8 Å². The Morgan fingerprint density at radius 1 is 0.923 bits per heavy atom. The highest BCUT2D eigenvalue weighted by atomic mass is 35.5. The lowest BCUT2D eigenvalue weighted by atomic mass is 10.1. The number of allylic oxidation sites excluding steroid dienone is 1. The van der Waals surface area contributed by atoms with Crippen LogP contribution in [0.1, 0.15) is 6.92 Å². The Bertz CT molecular complexity index is 159. The van der Waals surface area contributed by atoms with Crippen LogP contribution >= 0.6 is 58.0 Å². The van der Waals surface area contributed by atoms with E-state index in [4.69, 9.17) is 58.0 Å². The number of alkyl halides is 5. The van der Waals surface area contributed by atoms with E-state index in [1.807, 2.05) is 0 Å². The Morgan fingerprint density at radius 3 is 1.69 bits per heavy atom. The summed E-state index contributed by atoms with van der Waals surface area (Å²) in [7, 11) is 0. The summed E-state index contributed by atoms with van der Waals surface area (Å²) in [6.45, 7) is 5.28. The van der Waals surface area contributed by atoms with Gasteiger partial charge in [-0.15, -0.1) is 64.6 Å². The summed E-state index contributed by atoms with van der Waals surface area (Å²) in [6, 6.07) is 0. The van der Waals surface area contributed by atoms with Crippen LogP contribution in [0, 0.1) is 0 Å². The van der Waals surface area contributed by atoms with E-state index in [0.29, 0.717) is 0 Å². The maximum atomic E-state index is 5.97. The highest BCUT2D eigenvalue weighted by Gasteiger charge is 2.31. The van der Waals surface area contributed by atoms with Crippen LogP contribution in [0.2, 0.25) is 0 Å². The average Bonchev–Trinajstić information content (AvgIpc) is 2.12. The van der Waals surface area contributed by atoms with Gasteiger partial charge >= 0.3 is 0 Å². The molecule has 0 aromatic heterocycles. The van der Waals surface area contributed by atoms with E-state index in [9.17, 15) is 0 Å². The van der Waals surface area contributed by atoms with Crippen LogP contribution in [-0.2, 0) is 0 Å². The van der Waals surface area contributed by atoms with Gasteiger partial charge in [-0.05, 0) is 6.92 Å². The van der Waals surface area contributed by atoms with Crippen LogP contribution in [0.4, 0.5) is 0 Å². The van der Waals surface area contributed by atoms with Crippen LogP contribution in [0.25, 0.3) is 0 Å². The molecule has 5 heteroatoms. The quantitative estimate of drug-likeness (QED) is 0.523. The van der Waals surface area contributed by atoms with Crippen molar-refractivity contribution in [3.05, 3.63) is 12.7 Å². The van der Waals surface area contributed by atoms with Gasteiger partial charge in [-0.3, -0.25) is 0 Å². The average molecular weight is 284 g/mol. The fourth-order valence-electron chi connectivity index (χ4n) is 0.735. The molecule has 0 saturated carbocycles. The number of rotatable bonds is 5. The zero-order valence-electron chi connectivity index (χ0n) is 7.06. The standard InChI is InChI=1S/C8H11Cl5/c1-3-5(10)7(12)8(13)6(11)4(2)9/h3-8H,1H2,2H3. The highest BCUT2D eigenvalue weighted by molar-refractivity contribution is 6.40. The van der Waals surface area contributed by atoms with Gasteiger partial charge in [0, 0.05) is 5.38 Å². The van der Waals surface area contributed by atoms with E-state index in [0.717, 1.165) is 0 Å². The lowest BCUT2D eigenvalue weighted by Crippen LogP contribution is -2.35. The summed E-state index contributed by atoms with van der Waals surface area (Å²) in [4.78, 5) is 0. The lowest BCUT2D eigenvalue weighted by Gasteiger charge is -2.24. The van der Waals surface area contributed by atoms with Gasteiger partial charge in [-0.2, -0.15) is 0 Å². The van der Waals surface area contributed by atoms with Gasteiger partial charge in [0.15, 0.2) is 0 Å². The molecule has 78 valence electrons. The molecule has 0 saturated heterocycles. The van der Waals surface area contributed by atoms with Crippen molar-refractivity contribution in [1.82, 2.24) is 0 Å². The molecule has 0 aliphatic heterocycles. The molecular weight excluding hydrogens is 273 g/mol. The van der Waals surface area contributed by atoms with E-state index < -0.39 is 21.5 Å². The first-order chi connectivity index (χ1) is 5.91. The molecule has 0 aliphatic rings. The molecule has 0 nitrogen and oxygen atoms in total. The minimum atomic E-state index is -0.476.